The summed E-state index contributed by atoms with van der Waals surface area (Å²) >= 11 is 0. The van der Waals surface area contributed by atoms with Crippen LogP contribution >= 0.6 is 0 Å². The molecular formula is C15H15N5. The van der Waals surface area contributed by atoms with Crippen molar-refractivity contribution in [3.05, 3.63) is 47.8 Å². The third-order valence-electron chi connectivity index (χ3n) is 3.76. The molecule has 0 unspecified atom stereocenters. The number of aromatic nitrogens is 4. The maximum Gasteiger partial charge on any atom is 0.169 e. The molecule has 1 aliphatic rings. The number of nitrogens with two attached hydrogens (primary N) is 1. The summed E-state index contributed by atoms with van der Waals surface area (Å²) in [5.74, 6) is 1.13. The highest BCUT2D eigenvalue weighted by atomic mass is 15.4. The van der Waals surface area contributed by atoms with Crippen molar-refractivity contribution in [2.24, 2.45) is 0 Å². The number of anilines is 1. The van der Waals surface area contributed by atoms with Gasteiger partial charge < -0.3 is 5.73 Å². The summed E-state index contributed by atoms with van der Waals surface area (Å²) in [7, 11) is 0. The molecule has 0 radical (unpaired) electrons. The molecule has 2 N–H and O–H groups in total. The van der Waals surface area contributed by atoms with Gasteiger partial charge in [-0.15, -0.1) is 5.10 Å². The summed E-state index contributed by atoms with van der Waals surface area (Å²) in [4.78, 5) is 4.33. The molecule has 0 amide bonds. The largest absolute Gasteiger partial charge is 0.381 e. The molecule has 5 nitrogen and oxygen atoms in total. The Hall–Kier alpha value is -2.43. The van der Waals surface area contributed by atoms with E-state index in [4.69, 9.17) is 5.73 Å². The summed E-state index contributed by atoms with van der Waals surface area (Å²) in [5, 5.41) is 9.34. The SMILES string of the molecule is Nc1nnn(Cc2ccc3ncccc3c2)c1C1CC1. The molecule has 0 bridgehead atoms. The predicted molar refractivity (Wildman–Crippen MR) is 77.3 cm³/mol. The Bertz CT molecular complexity index is 773. The average Bonchev–Trinajstić information content (AvgIpc) is 3.24. The van der Waals surface area contributed by atoms with Crippen LogP contribution in [0.15, 0.2) is 36.5 Å². The van der Waals surface area contributed by atoms with E-state index in [1.165, 1.54) is 18.4 Å². The first kappa shape index (κ1) is 11.4. The van der Waals surface area contributed by atoms with Crippen molar-refractivity contribution in [2.75, 3.05) is 5.73 Å². The highest BCUT2D eigenvalue weighted by molar-refractivity contribution is 5.78. The average molecular weight is 265 g/mol. The smallest absolute Gasteiger partial charge is 0.169 e. The lowest BCUT2D eigenvalue weighted by atomic mass is 10.1. The second-order valence-corrected chi connectivity index (χ2v) is 5.32. The third-order valence-corrected chi connectivity index (χ3v) is 3.76. The van der Waals surface area contributed by atoms with E-state index in [0.29, 0.717) is 18.3 Å². The summed E-state index contributed by atoms with van der Waals surface area (Å²) in [6.45, 7) is 0.709. The minimum absolute atomic E-state index is 0.548. The molecule has 1 aliphatic carbocycles. The molecule has 0 spiro atoms. The standard InChI is InChI=1S/C15H15N5/c16-15-14(11-4-5-11)20(19-18-15)9-10-3-6-13-12(8-10)2-1-7-17-13/h1-3,6-8,11H,4-5,9,16H2. The van der Waals surface area contributed by atoms with E-state index in [0.717, 1.165) is 16.6 Å². The van der Waals surface area contributed by atoms with Gasteiger partial charge in [0, 0.05) is 17.5 Å². The fraction of sp³-hybridized carbons (Fsp3) is 0.267. The maximum atomic E-state index is 5.92. The van der Waals surface area contributed by atoms with E-state index in [9.17, 15) is 0 Å². The highest BCUT2D eigenvalue weighted by Crippen LogP contribution is 2.42. The lowest BCUT2D eigenvalue weighted by Crippen LogP contribution is -2.06. The van der Waals surface area contributed by atoms with Crippen LogP contribution in [0.25, 0.3) is 10.9 Å². The monoisotopic (exact) mass is 265 g/mol. The topological polar surface area (TPSA) is 69.6 Å². The van der Waals surface area contributed by atoms with Gasteiger partial charge in [0.25, 0.3) is 0 Å². The Morgan fingerprint density at radius 2 is 2.15 bits per heavy atom. The molecule has 2 aromatic heterocycles. The van der Waals surface area contributed by atoms with E-state index in [1.54, 1.807) is 0 Å². The van der Waals surface area contributed by atoms with Crippen molar-refractivity contribution in [3.8, 4) is 0 Å². The van der Waals surface area contributed by atoms with E-state index >= 15 is 0 Å². The molecule has 3 aromatic rings. The minimum atomic E-state index is 0.548. The van der Waals surface area contributed by atoms with Crippen molar-refractivity contribution in [1.29, 1.82) is 0 Å². The molecule has 100 valence electrons. The van der Waals surface area contributed by atoms with Crippen LogP contribution in [0, 0.1) is 0 Å². The molecule has 20 heavy (non-hydrogen) atoms. The van der Waals surface area contributed by atoms with Gasteiger partial charge in [-0.2, -0.15) is 0 Å². The van der Waals surface area contributed by atoms with Crippen molar-refractivity contribution in [2.45, 2.75) is 25.3 Å². The highest BCUT2D eigenvalue weighted by Gasteiger charge is 2.30. The second kappa shape index (κ2) is 4.30. The number of nitrogen functional groups attached to an aromatic ring is 1. The van der Waals surface area contributed by atoms with E-state index in [-0.39, 0.29) is 0 Å². The summed E-state index contributed by atoms with van der Waals surface area (Å²) in [6, 6.07) is 10.3. The molecule has 0 aliphatic heterocycles. The number of fused-ring (bicyclic) bond motifs is 1. The minimum Gasteiger partial charge on any atom is -0.381 e. The summed E-state index contributed by atoms with van der Waals surface area (Å²) in [6.07, 6.45) is 4.20. The van der Waals surface area contributed by atoms with Crippen LogP contribution in [-0.4, -0.2) is 20.0 Å². The lowest BCUT2D eigenvalue weighted by molar-refractivity contribution is 0.620. The first-order valence-corrected chi connectivity index (χ1v) is 6.84. The van der Waals surface area contributed by atoms with Gasteiger partial charge in [-0.25, -0.2) is 4.68 Å². The third kappa shape index (κ3) is 1.91. The number of nitrogens with zero attached hydrogens (tertiary/aromatic N) is 4. The Kier molecular flexibility index (Phi) is 2.45. The quantitative estimate of drug-likeness (QED) is 0.789. The van der Waals surface area contributed by atoms with Crippen LogP contribution in [0.3, 0.4) is 0 Å². The molecule has 2 heterocycles. The Morgan fingerprint density at radius 3 is 3.00 bits per heavy atom. The summed E-state index contributed by atoms with van der Waals surface area (Å²) < 4.78 is 1.94. The fourth-order valence-electron chi connectivity index (χ4n) is 2.62. The predicted octanol–water partition coefficient (Wildman–Crippen LogP) is 2.33. The van der Waals surface area contributed by atoms with Gasteiger partial charge in [0.15, 0.2) is 5.82 Å². The molecular weight excluding hydrogens is 250 g/mol. The van der Waals surface area contributed by atoms with Gasteiger partial charge in [-0.3, -0.25) is 4.98 Å². The number of hydrogen-bond acceptors (Lipinski definition) is 4. The number of pyridine rings is 1. The fourth-order valence-corrected chi connectivity index (χ4v) is 2.62. The molecule has 0 atom stereocenters. The zero-order valence-electron chi connectivity index (χ0n) is 11.0. The van der Waals surface area contributed by atoms with Crippen LogP contribution in [0.2, 0.25) is 0 Å². The first-order valence-electron chi connectivity index (χ1n) is 6.84. The van der Waals surface area contributed by atoms with E-state index in [1.807, 2.05) is 23.0 Å². The van der Waals surface area contributed by atoms with Crippen LogP contribution in [0.1, 0.15) is 30.0 Å². The van der Waals surface area contributed by atoms with Gasteiger partial charge in [-0.1, -0.05) is 17.3 Å². The van der Waals surface area contributed by atoms with Crippen LogP contribution in [-0.2, 0) is 6.54 Å². The zero-order chi connectivity index (χ0) is 13.5. The number of benzene rings is 1. The molecule has 1 aromatic carbocycles. The van der Waals surface area contributed by atoms with Crippen molar-refractivity contribution in [3.63, 3.8) is 0 Å². The molecule has 1 fully saturated rings. The van der Waals surface area contributed by atoms with Crippen LogP contribution in [0.5, 0.6) is 0 Å². The van der Waals surface area contributed by atoms with Crippen molar-refractivity contribution >= 4 is 16.7 Å². The van der Waals surface area contributed by atoms with Crippen LogP contribution in [0.4, 0.5) is 5.82 Å². The van der Waals surface area contributed by atoms with Gasteiger partial charge in [-0.05, 0) is 36.6 Å². The molecule has 0 saturated heterocycles. The molecule has 4 rings (SSSR count). The number of hydrogen-bond donors (Lipinski definition) is 1. The van der Waals surface area contributed by atoms with Crippen molar-refractivity contribution in [1.82, 2.24) is 20.0 Å². The van der Waals surface area contributed by atoms with Gasteiger partial charge in [0.1, 0.15) is 0 Å². The van der Waals surface area contributed by atoms with E-state index in [2.05, 4.69) is 33.5 Å². The van der Waals surface area contributed by atoms with E-state index < -0.39 is 0 Å². The Labute approximate surface area is 116 Å². The van der Waals surface area contributed by atoms with Crippen LogP contribution < -0.4 is 5.73 Å². The normalized spacial score (nSPS) is 14.8. The van der Waals surface area contributed by atoms with Gasteiger partial charge in [0.05, 0.1) is 17.8 Å². The Balaban J connectivity index is 1.70. The first-order chi connectivity index (χ1) is 9.81. The van der Waals surface area contributed by atoms with Gasteiger partial charge in [0.2, 0.25) is 0 Å². The maximum absolute atomic E-state index is 5.92. The second-order valence-electron chi connectivity index (χ2n) is 5.32. The summed E-state index contributed by atoms with van der Waals surface area (Å²) in [5.41, 5.74) is 9.22. The number of rotatable bonds is 3. The van der Waals surface area contributed by atoms with Gasteiger partial charge >= 0.3 is 0 Å². The molecule has 1 saturated carbocycles. The van der Waals surface area contributed by atoms with Crippen molar-refractivity contribution < 1.29 is 0 Å². The molecule has 5 heteroatoms. The zero-order valence-corrected chi connectivity index (χ0v) is 11.0. The lowest BCUT2D eigenvalue weighted by Gasteiger charge is -2.07. The Morgan fingerprint density at radius 1 is 1.25 bits per heavy atom.